The number of aromatic nitrogens is 3. The second-order valence-corrected chi connectivity index (χ2v) is 8.07. The van der Waals surface area contributed by atoms with Crippen molar-refractivity contribution in [3.8, 4) is 11.5 Å². The van der Waals surface area contributed by atoms with E-state index in [0.717, 1.165) is 41.0 Å². The number of nitrogens with zero attached hydrogens (tertiary/aromatic N) is 3. The first-order chi connectivity index (χ1) is 16.5. The zero-order chi connectivity index (χ0) is 24.1. The molecule has 0 bridgehead atoms. The van der Waals surface area contributed by atoms with E-state index in [1.165, 1.54) is 7.11 Å². The van der Waals surface area contributed by atoms with Crippen molar-refractivity contribution in [3.63, 3.8) is 0 Å². The summed E-state index contributed by atoms with van der Waals surface area (Å²) >= 11 is 0. The molecule has 0 saturated heterocycles. The number of carbonyl (C=O) groups is 1. The number of benzene rings is 2. The third-order valence-electron chi connectivity index (χ3n) is 5.74. The van der Waals surface area contributed by atoms with Gasteiger partial charge in [0.05, 0.1) is 20.8 Å². The van der Waals surface area contributed by atoms with Crippen molar-refractivity contribution in [3.05, 3.63) is 83.3 Å². The van der Waals surface area contributed by atoms with E-state index in [1.807, 2.05) is 48.7 Å². The van der Waals surface area contributed by atoms with Crippen molar-refractivity contribution < 1.29 is 19.0 Å². The minimum Gasteiger partial charge on any atom is -0.496 e. The van der Waals surface area contributed by atoms with E-state index in [4.69, 9.17) is 19.2 Å². The molecule has 0 aliphatic carbocycles. The lowest BCUT2D eigenvalue weighted by atomic mass is 10.1. The molecule has 0 aliphatic heterocycles. The highest BCUT2D eigenvalue weighted by Gasteiger charge is 2.27. The van der Waals surface area contributed by atoms with Crippen LogP contribution in [0.1, 0.15) is 42.0 Å². The first-order valence-electron chi connectivity index (χ1n) is 11.3. The number of rotatable bonds is 9. The predicted molar refractivity (Wildman–Crippen MR) is 130 cm³/mol. The maximum absolute atomic E-state index is 12.5. The van der Waals surface area contributed by atoms with Gasteiger partial charge in [0.2, 0.25) is 6.10 Å². The van der Waals surface area contributed by atoms with Crippen LogP contribution in [0.5, 0.6) is 11.5 Å². The van der Waals surface area contributed by atoms with Gasteiger partial charge in [0.25, 0.3) is 0 Å². The second-order valence-electron chi connectivity index (χ2n) is 8.07. The Kier molecular flexibility index (Phi) is 7.11. The molecule has 7 nitrogen and oxygen atoms in total. The summed E-state index contributed by atoms with van der Waals surface area (Å²) in [6.07, 6.45) is 2.78. The zero-order valence-electron chi connectivity index (χ0n) is 19.9. The molecule has 4 rings (SSSR count). The van der Waals surface area contributed by atoms with Crippen molar-refractivity contribution in [2.24, 2.45) is 0 Å². The van der Waals surface area contributed by atoms with Crippen LogP contribution in [0.2, 0.25) is 0 Å². The Morgan fingerprint density at radius 1 is 1.06 bits per heavy atom. The van der Waals surface area contributed by atoms with Gasteiger partial charge in [0.1, 0.15) is 22.8 Å². The van der Waals surface area contributed by atoms with Gasteiger partial charge in [0.15, 0.2) is 5.65 Å². The number of esters is 1. The lowest BCUT2D eigenvalue weighted by Crippen LogP contribution is -2.21. The molecule has 0 saturated carbocycles. The van der Waals surface area contributed by atoms with Crippen LogP contribution in [0.3, 0.4) is 0 Å². The molecule has 0 radical (unpaired) electrons. The molecule has 1 unspecified atom stereocenters. The van der Waals surface area contributed by atoms with Crippen LogP contribution in [0, 0.1) is 6.92 Å². The molecule has 2 aromatic heterocycles. The molecule has 4 aromatic rings. The Balaban J connectivity index is 1.59. The highest BCUT2D eigenvalue weighted by Crippen LogP contribution is 2.30. The largest absolute Gasteiger partial charge is 0.496 e. The van der Waals surface area contributed by atoms with Crippen LogP contribution in [0.4, 0.5) is 0 Å². The van der Waals surface area contributed by atoms with Crippen LogP contribution in [-0.4, -0.2) is 34.7 Å². The van der Waals surface area contributed by atoms with E-state index in [9.17, 15) is 4.79 Å². The van der Waals surface area contributed by atoms with Crippen LogP contribution in [0.25, 0.3) is 11.2 Å². The summed E-state index contributed by atoms with van der Waals surface area (Å²) in [7, 11) is 2.90. The van der Waals surface area contributed by atoms with Crippen LogP contribution in [-0.2, 0) is 22.5 Å². The summed E-state index contributed by atoms with van der Waals surface area (Å²) in [6.45, 7) is 4.85. The first-order valence-corrected chi connectivity index (χ1v) is 11.3. The van der Waals surface area contributed by atoms with Crippen molar-refractivity contribution >= 4 is 17.1 Å². The smallest absolute Gasteiger partial charge is 0.351 e. The molecule has 0 spiro atoms. The predicted octanol–water partition coefficient (Wildman–Crippen LogP) is 5.04. The van der Waals surface area contributed by atoms with Gasteiger partial charge in [-0.1, -0.05) is 37.3 Å². The average molecular weight is 460 g/mol. The van der Waals surface area contributed by atoms with Crippen molar-refractivity contribution in [1.82, 2.24) is 14.5 Å². The fourth-order valence-electron chi connectivity index (χ4n) is 3.98. The third-order valence-corrected chi connectivity index (χ3v) is 5.74. The molecule has 7 heteroatoms. The van der Waals surface area contributed by atoms with Gasteiger partial charge in [-0.25, -0.2) is 14.8 Å². The molecule has 0 fully saturated rings. The van der Waals surface area contributed by atoms with Crippen molar-refractivity contribution in [2.75, 3.05) is 14.2 Å². The van der Waals surface area contributed by atoms with Crippen molar-refractivity contribution in [1.29, 1.82) is 0 Å². The number of aryl methyl sites for hydroxylation is 2. The minimum atomic E-state index is -0.937. The Morgan fingerprint density at radius 3 is 2.53 bits per heavy atom. The zero-order valence-corrected chi connectivity index (χ0v) is 19.9. The number of hydrogen-bond donors (Lipinski definition) is 0. The van der Waals surface area contributed by atoms with Gasteiger partial charge < -0.3 is 18.8 Å². The summed E-state index contributed by atoms with van der Waals surface area (Å²) < 4.78 is 18.6. The highest BCUT2D eigenvalue weighted by atomic mass is 16.6. The normalized spacial score (nSPS) is 11.9. The van der Waals surface area contributed by atoms with Gasteiger partial charge >= 0.3 is 5.97 Å². The third kappa shape index (κ3) is 4.73. The number of imidazole rings is 1. The molecular formula is C27H29N3O4. The number of methoxy groups -OCH3 is 2. The van der Waals surface area contributed by atoms with E-state index in [2.05, 4.69) is 23.4 Å². The summed E-state index contributed by atoms with van der Waals surface area (Å²) in [4.78, 5) is 21.9. The number of fused-ring (bicyclic) bond motifs is 1. The van der Waals surface area contributed by atoms with E-state index in [0.29, 0.717) is 23.6 Å². The van der Waals surface area contributed by atoms with E-state index in [1.54, 1.807) is 19.2 Å². The monoisotopic (exact) mass is 459 g/mol. The number of carbonyl (C=O) groups excluding carboxylic acids is 1. The fourth-order valence-corrected chi connectivity index (χ4v) is 3.98. The standard InChI is InChI=1S/C27H29N3O4/c1-5-8-23-29-24-18(2)15-16-28-26(24)30(23)17-19-11-13-20(14-12-19)34-25(27(31)33-4)21-9-6-7-10-22(21)32-3/h6-7,9-16,25H,5,8,17H2,1-4H3. The summed E-state index contributed by atoms with van der Waals surface area (Å²) in [5.74, 6) is 1.65. The van der Waals surface area contributed by atoms with Gasteiger partial charge in [0, 0.05) is 18.2 Å². The van der Waals surface area contributed by atoms with Gasteiger partial charge in [-0.2, -0.15) is 0 Å². The average Bonchev–Trinajstić information content (AvgIpc) is 3.21. The molecule has 0 N–H and O–H groups in total. The fraction of sp³-hybridized carbons (Fsp3) is 0.296. The maximum atomic E-state index is 12.5. The lowest BCUT2D eigenvalue weighted by Gasteiger charge is -2.19. The van der Waals surface area contributed by atoms with E-state index in [-0.39, 0.29) is 0 Å². The van der Waals surface area contributed by atoms with Gasteiger partial charge in [-0.3, -0.25) is 0 Å². The topological polar surface area (TPSA) is 75.5 Å². The van der Waals surface area contributed by atoms with Crippen LogP contribution >= 0.6 is 0 Å². The van der Waals surface area contributed by atoms with E-state index < -0.39 is 12.1 Å². The number of para-hydroxylation sites is 1. The quantitative estimate of drug-likeness (QED) is 0.326. The maximum Gasteiger partial charge on any atom is 0.351 e. The first kappa shape index (κ1) is 23.3. The Morgan fingerprint density at radius 2 is 1.82 bits per heavy atom. The van der Waals surface area contributed by atoms with Crippen LogP contribution < -0.4 is 9.47 Å². The second kappa shape index (κ2) is 10.4. The minimum absolute atomic E-state index is 0.496. The van der Waals surface area contributed by atoms with Crippen molar-refractivity contribution in [2.45, 2.75) is 39.3 Å². The Hall–Kier alpha value is -3.87. The molecular weight excluding hydrogens is 430 g/mol. The Bertz CT molecular complexity index is 1280. The van der Waals surface area contributed by atoms with Gasteiger partial charge in [-0.05, 0) is 48.7 Å². The molecule has 0 amide bonds. The number of ether oxygens (including phenoxy) is 3. The number of hydrogen-bond acceptors (Lipinski definition) is 6. The lowest BCUT2D eigenvalue weighted by molar-refractivity contribution is -0.149. The molecule has 0 aliphatic rings. The molecule has 2 aromatic carbocycles. The summed E-state index contributed by atoms with van der Waals surface area (Å²) in [6, 6.07) is 16.9. The summed E-state index contributed by atoms with van der Waals surface area (Å²) in [5.41, 5.74) is 4.65. The number of pyridine rings is 1. The molecule has 2 heterocycles. The summed E-state index contributed by atoms with van der Waals surface area (Å²) in [5, 5.41) is 0. The molecule has 34 heavy (non-hydrogen) atoms. The SMILES string of the molecule is CCCc1nc2c(C)ccnc2n1Cc1ccc(OC(C(=O)OC)c2ccccc2OC)cc1. The molecule has 176 valence electrons. The van der Waals surface area contributed by atoms with Gasteiger partial charge in [-0.15, -0.1) is 0 Å². The molecule has 1 atom stereocenters. The van der Waals surface area contributed by atoms with Crippen LogP contribution in [0.15, 0.2) is 60.8 Å². The van der Waals surface area contributed by atoms with E-state index >= 15 is 0 Å². The Labute approximate surface area is 199 Å². The highest BCUT2D eigenvalue weighted by molar-refractivity contribution is 5.78.